The lowest BCUT2D eigenvalue weighted by molar-refractivity contribution is 0.727. The monoisotopic (exact) mass is 256 g/mol. The Kier molecular flexibility index (Phi) is 3.24. The maximum absolute atomic E-state index is 5.48. The van der Waals surface area contributed by atoms with Crippen LogP contribution in [-0.2, 0) is 6.42 Å². The molecule has 2 aromatic heterocycles. The standard InChI is InChI=1S/C13H16N6/c14-6-2-1-3-10-8-19(18-17-10)11-4-5-12-13(7-11)16-9-15-12/h4-5,7-9H,1-3,6,14H2,(H,15,16). The third kappa shape index (κ3) is 2.48. The normalized spacial score (nSPS) is 11.2. The number of nitrogens with two attached hydrogens (primary N) is 1. The van der Waals surface area contributed by atoms with E-state index < -0.39 is 0 Å². The average molecular weight is 256 g/mol. The number of hydrogen-bond donors (Lipinski definition) is 2. The maximum atomic E-state index is 5.48. The van der Waals surface area contributed by atoms with Gasteiger partial charge in [0.2, 0.25) is 0 Å². The fourth-order valence-electron chi connectivity index (χ4n) is 2.06. The Labute approximate surface area is 110 Å². The number of aromatic amines is 1. The minimum atomic E-state index is 0.727. The highest BCUT2D eigenvalue weighted by molar-refractivity contribution is 5.76. The molecular weight excluding hydrogens is 240 g/mol. The zero-order valence-corrected chi connectivity index (χ0v) is 10.6. The molecular formula is C13H16N6. The quantitative estimate of drug-likeness (QED) is 0.676. The lowest BCUT2D eigenvalue weighted by Crippen LogP contribution is -1.99. The number of benzene rings is 1. The summed E-state index contributed by atoms with van der Waals surface area (Å²) in [5, 5.41) is 8.34. The fourth-order valence-corrected chi connectivity index (χ4v) is 2.06. The van der Waals surface area contributed by atoms with E-state index in [0.717, 1.165) is 48.2 Å². The molecule has 0 saturated carbocycles. The summed E-state index contributed by atoms with van der Waals surface area (Å²) in [6.45, 7) is 0.727. The van der Waals surface area contributed by atoms with Crippen molar-refractivity contribution in [1.29, 1.82) is 0 Å². The molecule has 3 aromatic rings. The van der Waals surface area contributed by atoms with Crippen molar-refractivity contribution in [3.05, 3.63) is 36.4 Å². The van der Waals surface area contributed by atoms with Crippen molar-refractivity contribution in [2.45, 2.75) is 19.3 Å². The van der Waals surface area contributed by atoms with Gasteiger partial charge in [0.1, 0.15) is 0 Å². The van der Waals surface area contributed by atoms with E-state index in [2.05, 4.69) is 20.3 Å². The second-order valence-electron chi connectivity index (χ2n) is 4.50. The summed E-state index contributed by atoms with van der Waals surface area (Å²) in [7, 11) is 0. The molecule has 0 saturated heterocycles. The molecule has 3 N–H and O–H groups in total. The van der Waals surface area contributed by atoms with Crippen molar-refractivity contribution >= 4 is 11.0 Å². The largest absolute Gasteiger partial charge is 0.345 e. The van der Waals surface area contributed by atoms with Crippen LogP contribution in [0.15, 0.2) is 30.7 Å². The molecule has 1 aromatic carbocycles. The summed E-state index contributed by atoms with van der Waals surface area (Å²) in [5.41, 5.74) is 9.41. The van der Waals surface area contributed by atoms with Gasteiger partial charge < -0.3 is 10.7 Å². The number of aromatic nitrogens is 5. The number of imidazole rings is 1. The molecule has 98 valence electrons. The molecule has 6 nitrogen and oxygen atoms in total. The molecule has 0 fully saturated rings. The first-order chi connectivity index (χ1) is 9.36. The number of unbranched alkanes of at least 4 members (excludes halogenated alkanes) is 1. The third-order valence-corrected chi connectivity index (χ3v) is 3.10. The van der Waals surface area contributed by atoms with E-state index in [-0.39, 0.29) is 0 Å². The number of nitrogens with one attached hydrogen (secondary N) is 1. The Morgan fingerprint density at radius 2 is 2.21 bits per heavy atom. The van der Waals surface area contributed by atoms with Crippen molar-refractivity contribution in [3.63, 3.8) is 0 Å². The van der Waals surface area contributed by atoms with E-state index >= 15 is 0 Å². The Balaban J connectivity index is 1.81. The van der Waals surface area contributed by atoms with Crippen LogP contribution in [0.1, 0.15) is 18.5 Å². The van der Waals surface area contributed by atoms with Crippen molar-refractivity contribution in [2.24, 2.45) is 5.73 Å². The van der Waals surface area contributed by atoms with E-state index in [1.165, 1.54) is 0 Å². The van der Waals surface area contributed by atoms with E-state index in [9.17, 15) is 0 Å². The average Bonchev–Trinajstić information content (AvgIpc) is 3.06. The van der Waals surface area contributed by atoms with E-state index in [4.69, 9.17) is 5.73 Å². The number of H-pyrrole nitrogens is 1. The second-order valence-corrected chi connectivity index (χ2v) is 4.50. The molecule has 3 rings (SSSR count). The zero-order chi connectivity index (χ0) is 13.1. The van der Waals surface area contributed by atoms with Crippen LogP contribution in [0.3, 0.4) is 0 Å². The highest BCUT2D eigenvalue weighted by atomic mass is 15.4. The molecule has 0 amide bonds. The van der Waals surface area contributed by atoms with Gasteiger partial charge in [0.25, 0.3) is 0 Å². The topological polar surface area (TPSA) is 85.4 Å². The van der Waals surface area contributed by atoms with Crippen LogP contribution in [0.25, 0.3) is 16.7 Å². The van der Waals surface area contributed by atoms with Gasteiger partial charge in [-0.1, -0.05) is 5.21 Å². The van der Waals surface area contributed by atoms with Gasteiger partial charge in [0, 0.05) is 0 Å². The Morgan fingerprint density at radius 1 is 1.26 bits per heavy atom. The first-order valence-corrected chi connectivity index (χ1v) is 6.41. The van der Waals surface area contributed by atoms with Gasteiger partial charge in [-0.05, 0) is 44.0 Å². The number of fused-ring (bicyclic) bond motifs is 1. The highest BCUT2D eigenvalue weighted by Crippen LogP contribution is 2.15. The molecule has 0 bridgehead atoms. The number of hydrogen-bond acceptors (Lipinski definition) is 4. The van der Waals surface area contributed by atoms with Gasteiger partial charge in [-0.2, -0.15) is 0 Å². The lowest BCUT2D eigenvalue weighted by Gasteiger charge is -1.99. The number of nitrogens with zero attached hydrogens (tertiary/aromatic N) is 4. The minimum absolute atomic E-state index is 0.727. The molecule has 0 aliphatic carbocycles. The predicted molar refractivity (Wildman–Crippen MR) is 73.0 cm³/mol. The van der Waals surface area contributed by atoms with Gasteiger partial charge in [0.15, 0.2) is 0 Å². The van der Waals surface area contributed by atoms with Crippen molar-refractivity contribution in [1.82, 2.24) is 25.0 Å². The Hall–Kier alpha value is -2.21. The summed E-state index contributed by atoms with van der Waals surface area (Å²) in [4.78, 5) is 7.29. The van der Waals surface area contributed by atoms with Crippen molar-refractivity contribution in [2.75, 3.05) is 6.54 Å². The predicted octanol–water partition coefficient (Wildman–Crippen LogP) is 1.42. The molecule has 2 heterocycles. The minimum Gasteiger partial charge on any atom is -0.345 e. The van der Waals surface area contributed by atoms with Crippen LogP contribution in [0.4, 0.5) is 0 Å². The van der Waals surface area contributed by atoms with Gasteiger partial charge in [-0.3, -0.25) is 0 Å². The van der Waals surface area contributed by atoms with Gasteiger partial charge >= 0.3 is 0 Å². The Morgan fingerprint density at radius 3 is 3.11 bits per heavy atom. The Bertz CT molecular complexity index is 668. The zero-order valence-electron chi connectivity index (χ0n) is 10.6. The van der Waals surface area contributed by atoms with Crippen LogP contribution in [0.5, 0.6) is 0 Å². The van der Waals surface area contributed by atoms with Crippen molar-refractivity contribution in [3.8, 4) is 5.69 Å². The summed E-state index contributed by atoms with van der Waals surface area (Å²) in [6.07, 6.45) is 6.65. The van der Waals surface area contributed by atoms with Crippen LogP contribution in [-0.4, -0.2) is 31.5 Å². The molecule has 0 aliphatic heterocycles. The van der Waals surface area contributed by atoms with Crippen LogP contribution < -0.4 is 5.73 Å². The lowest BCUT2D eigenvalue weighted by atomic mass is 10.2. The molecule has 0 unspecified atom stereocenters. The summed E-state index contributed by atoms with van der Waals surface area (Å²) < 4.78 is 1.79. The molecule has 0 radical (unpaired) electrons. The molecule has 0 spiro atoms. The van der Waals surface area contributed by atoms with E-state index in [1.54, 1.807) is 11.0 Å². The van der Waals surface area contributed by atoms with Crippen molar-refractivity contribution < 1.29 is 0 Å². The smallest absolute Gasteiger partial charge is 0.0931 e. The first-order valence-electron chi connectivity index (χ1n) is 6.41. The van der Waals surface area contributed by atoms with Crippen LogP contribution in [0.2, 0.25) is 0 Å². The maximum Gasteiger partial charge on any atom is 0.0931 e. The SMILES string of the molecule is NCCCCc1cn(-c2ccc3nc[nH]c3c2)nn1. The first kappa shape index (κ1) is 11.9. The number of aryl methyl sites for hydroxylation is 1. The molecule has 6 heteroatoms. The van der Waals surface area contributed by atoms with Crippen LogP contribution in [0, 0.1) is 0 Å². The van der Waals surface area contributed by atoms with Crippen LogP contribution >= 0.6 is 0 Å². The van der Waals surface area contributed by atoms with Gasteiger partial charge in [0.05, 0.1) is 34.9 Å². The van der Waals surface area contributed by atoms with Gasteiger partial charge in [-0.15, -0.1) is 5.10 Å². The second kappa shape index (κ2) is 5.19. The third-order valence-electron chi connectivity index (χ3n) is 3.10. The van der Waals surface area contributed by atoms with Gasteiger partial charge in [-0.25, -0.2) is 9.67 Å². The van der Waals surface area contributed by atoms with E-state index in [1.807, 2.05) is 24.4 Å². The summed E-state index contributed by atoms with van der Waals surface area (Å²) >= 11 is 0. The summed E-state index contributed by atoms with van der Waals surface area (Å²) in [5.74, 6) is 0. The molecule has 0 aliphatic rings. The fraction of sp³-hybridized carbons (Fsp3) is 0.308. The highest BCUT2D eigenvalue weighted by Gasteiger charge is 2.04. The molecule has 19 heavy (non-hydrogen) atoms. The summed E-state index contributed by atoms with van der Waals surface area (Å²) in [6, 6.07) is 5.97. The molecule has 0 atom stereocenters. The number of rotatable bonds is 5. The van der Waals surface area contributed by atoms with E-state index in [0.29, 0.717) is 0 Å².